The summed E-state index contributed by atoms with van der Waals surface area (Å²) in [6.45, 7) is 1.93. The molecule has 6 aromatic heterocycles. The van der Waals surface area contributed by atoms with Crippen LogP contribution in [0, 0.1) is 18.3 Å². The molecule has 57 heavy (non-hydrogen) atoms. The average molecular weight is 797 g/mol. The first kappa shape index (κ1) is 36.7. The van der Waals surface area contributed by atoms with Gasteiger partial charge in [-0.2, -0.15) is 5.26 Å². The molecule has 0 aliphatic carbocycles. The van der Waals surface area contributed by atoms with E-state index in [-0.39, 0.29) is 24.1 Å². The van der Waals surface area contributed by atoms with Gasteiger partial charge in [0.2, 0.25) is 11.2 Å². The molecular formula is C42H27Cl2N7O6. The van der Waals surface area contributed by atoms with Gasteiger partial charge < -0.3 is 13.8 Å². The Hall–Kier alpha value is -7.27. The smallest absolute Gasteiger partial charge is 0.336 e. The Labute approximate surface area is 330 Å². The van der Waals surface area contributed by atoms with Crippen molar-refractivity contribution >= 4 is 56.2 Å². The van der Waals surface area contributed by atoms with Gasteiger partial charge in [-0.25, -0.2) is 18.7 Å². The van der Waals surface area contributed by atoms with Crippen molar-refractivity contribution in [2.45, 2.75) is 19.9 Å². The first-order valence-electron chi connectivity index (χ1n) is 17.3. The molecule has 0 spiro atoms. The molecule has 0 amide bonds. The van der Waals surface area contributed by atoms with Gasteiger partial charge in [0.15, 0.2) is 0 Å². The number of rotatable bonds is 6. The van der Waals surface area contributed by atoms with Crippen molar-refractivity contribution in [2.75, 3.05) is 0 Å². The van der Waals surface area contributed by atoms with Crippen LogP contribution in [-0.4, -0.2) is 28.7 Å². The molecule has 9 aromatic rings. The SMILES string of the molecule is Cc1cncc(-n2c(=O)[nH]c3cc(-c4ccccc4Cl)oc3c2=O)c1.N#CCCn1c(=O)n(-c2cncc3ccccc23)c(=O)c2oc(-c3ccccc3Cl)cc21. The molecular weight excluding hydrogens is 769 g/mol. The van der Waals surface area contributed by atoms with Crippen molar-refractivity contribution in [3.05, 3.63) is 173 Å². The fraction of sp³-hybridized carbons (Fsp3) is 0.0714. The van der Waals surface area contributed by atoms with Crippen molar-refractivity contribution in [3.8, 4) is 40.1 Å². The van der Waals surface area contributed by atoms with Gasteiger partial charge in [-0.1, -0.05) is 71.7 Å². The molecule has 0 bridgehead atoms. The van der Waals surface area contributed by atoms with Crippen LogP contribution in [0.3, 0.4) is 0 Å². The summed E-state index contributed by atoms with van der Waals surface area (Å²) in [6.07, 6.45) is 6.33. The van der Waals surface area contributed by atoms with Crippen LogP contribution in [0.2, 0.25) is 10.0 Å². The standard InChI is InChI=1S/C24H15ClN4O3.C18H12ClN3O3/c25-18-9-4-3-8-17(18)21-12-19-22(32-21)23(30)29(24(31)28(19)11-5-10-26)20-14-27-13-15-6-1-2-7-16(15)20;1-10-6-11(9-20-8-10)22-17(23)16-14(21-18(22)24)7-15(25-16)12-4-2-3-5-13(12)19/h1-4,6-9,12-14H,5,11H2;2-9H,1H3,(H,21,24). The first-order valence-corrected chi connectivity index (χ1v) is 18.1. The Bertz CT molecular complexity index is 3310. The third kappa shape index (κ3) is 6.73. The minimum absolute atomic E-state index is 0.00499. The molecule has 0 aliphatic heterocycles. The monoisotopic (exact) mass is 795 g/mol. The quantitative estimate of drug-likeness (QED) is 0.176. The number of furan rings is 2. The van der Waals surface area contributed by atoms with Crippen LogP contribution in [0.5, 0.6) is 0 Å². The van der Waals surface area contributed by atoms with Crippen LogP contribution in [0.15, 0.2) is 144 Å². The van der Waals surface area contributed by atoms with Gasteiger partial charge in [-0.05, 0) is 42.8 Å². The molecule has 3 aromatic carbocycles. The van der Waals surface area contributed by atoms with E-state index >= 15 is 0 Å². The second-order valence-corrected chi connectivity index (χ2v) is 13.6. The molecule has 0 radical (unpaired) electrons. The van der Waals surface area contributed by atoms with Gasteiger partial charge in [-0.3, -0.25) is 24.1 Å². The largest absolute Gasteiger partial charge is 0.449 e. The fourth-order valence-electron chi connectivity index (χ4n) is 6.51. The second-order valence-electron chi connectivity index (χ2n) is 12.8. The highest BCUT2D eigenvalue weighted by Crippen LogP contribution is 2.32. The highest BCUT2D eigenvalue weighted by molar-refractivity contribution is 6.33. The summed E-state index contributed by atoms with van der Waals surface area (Å²) in [7, 11) is 0. The van der Waals surface area contributed by atoms with Crippen LogP contribution in [0.25, 0.3) is 67.0 Å². The number of H-pyrrole nitrogens is 1. The number of pyridine rings is 2. The van der Waals surface area contributed by atoms with E-state index in [0.29, 0.717) is 60.5 Å². The van der Waals surface area contributed by atoms with Crippen molar-refractivity contribution in [1.29, 1.82) is 5.26 Å². The zero-order chi connectivity index (χ0) is 39.8. The summed E-state index contributed by atoms with van der Waals surface area (Å²) in [5.41, 5.74) is 1.22. The first-order chi connectivity index (χ1) is 27.6. The van der Waals surface area contributed by atoms with Crippen molar-refractivity contribution < 1.29 is 8.83 Å². The third-order valence-electron chi connectivity index (χ3n) is 9.13. The number of aryl methyl sites for hydroxylation is 2. The second kappa shape index (κ2) is 15.1. The maximum absolute atomic E-state index is 13.5. The zero-order valence-corrected chi connectivity index (χ0v) is 31.3. The summed E-state index contributed by atoms with van der Waals surface area (Å²) in [5, 5.41) is 11.5. The lowest BCUT2D eigenvalue weighted by Crippen LogP contribution is -2.38. The Morgan fingerprint density at radius 2 is 1.37 bits per heavy atom. The molecule has 9 rings (SSSR count). The van der Waals surface area contributed by atoms with Crippen LogP contribution < -0.4 is 22.5 Å². The molecule has 13 nitrogen and oxygen atoms in total. The fourth-order valence-corrected chi connectivity index (χ4v) is 6.97. The number of aromatic nitrogens is 6. The molecule has 0 saturated heterocycles. The number of nitriles is 1. The van der Waals surface area contributed by atoms with Crippen LogP contribution in [0.4, 0.5) is 0 Å². The molecule has 0 saturated carbocycles. The molecule has 0 unspecified atom stereocenters. The Kier molecular flexibility index (Phi) is 9.72. The number of hydrogen-bond donors (Lipinski definition) is 1. The maximum atomic E-state index is 13.5. The lowest BCUT2D eigenvalue weighted by Gasteiger charge is -2.12. The molecule has 0 aliphatic rings. The summed E-state index contributed by atoms with van der Waals surface area (Å²) in [4.78, 5) is 63.0. The number of nitrogens with zero attached hydrogens (tertiary/aromatic N) is 6. The topological polar surface area (TPSA) is 175 Å². The summed E-state index contributed by atoms with van der Waals surface area (Å²) in [6, 6.07) is 28.5. The van der Waals surface area contributed by atoms with E-state index in [1.54, 1.807) is 73.1 Å². The van der Waals surface area contributed by atoms with E-state index in [0.717, 1.165) is 20.1 Å². The predicted octanol–water partition coefficient (Wildman–Crippen LogP) is 7.82. The Morgan fingerprint density at radius 1 is 0.737 bits per heavy atom. The van der Waals surface area contributed by atoms with E-state index in [2.05, 4.69) is 15.0 Å². The molecule has 15 heteroatoms. The van der Waals surface area contributed by atoms with E-state index in [9.17, 15) is 19.2 Å². The molecule has 0 fully saturated rings. The third-order valence-corrected chi connectivity index (χ3v) is 9.79. The van der Waals surface area contributed by atoms with Gasteiger partial charge in [0.05, 0.1) is 57.3 Å². The molecule has 6 heterocycles. The van der Waals surface area contributed by atoms with Gasteiger partial charge >= 0.3 is 22.5 Å². The highest BCUT2D eigenvalue weighted by Gasteiger charge is 2.22. The number of hydrogen-bond acceptors (Lipinski definition) is 9. The van der Waals surface area contributed by atoms with Crippen LogP contribution in [-0.2, 0) is 6.54 Å². The zero-order valence-electron chi connectivity index (χ0n) is 29.8. The number of fused-ring (bicyclic) bond motifs is 3. The van der Waals surface area contributed by atoms with Crippen molar-refractivity contribution in [3.63, 3.8) is 0 Å². The lowest BCUT2D eigenvalue weighted by molar-refractivity contribution is 0.605. The van der Waals surface area contributed by atoms with Crippen molar-refractivity contribution in [1.82, 2.24) is 28.7 Å². The molecule has 0 atom stereocenters. The Balaban J connectivity index is 0.000000165. The average Bonchev–Trinajstić information content (AvgIpc) is 3.84. The van der Waals surface area contributed by atoms with Gasteiger partial charge in [-0.15, -0.1) is 0 Å². The molecule has 1 N–H and O–H groups in total. The van der Waals surface area contributed by atoms with Gasteiger partial charge in [0.1, 0.15) is 11.5 Å². The number of aromatic amines is 1. The van der Waals surface area contributed by atoms with Crippen LogP contribution >= 0.6 is 23.2 Å². The normalized spacial score (nSPS) is 11.1. The van der Waals surface area contributed by atoms with Crippen molar-refractivity contribution in [2.24, 2.45) is 0 Å². The van der Waals surface area contributed by atoms with E-state index < -0.39 is 22.5 Å². The number of nitrogens with one attached hydrogen (secondary N) is 1. The Morgan fingerprint density at radius 3 is 2.07 bits per heavy atom. The summed E-state index contributed by atoms with van der Waals surface area (Å²) >= 11 is 12.5. The minimum Gasteiger partial charge on any atom is -0.449 e. The maximum Gasteiger partial charge on any atom is 0.336 e. The van der Waals surface area contributed by atoms with Crippen LogP contribution in [0.1, 0.15) is 12.0 Å². The van der Waals surface area contributed by atoms with E-state index in [1.165, 1.54) is 17.0 Å². The minimum atomic E-state index is -0.602. The number of benzene rings is 3. The lowest BCUT2D eigenvalue weighted by atomic mass is 10.1. The highest BCUT2D eigenvalue weighted by atomic mass is 35.5. The van der Waals surface area contributed by atoms with E-state index in [1.807, 2.05) is 43.3 Å². The summed E-state index contributed by atoms with van der Waals surface area (Å²) < 4.78 is 15.1. The number of halogens is 2. The van der Waals surface area contributed by atoms with Gasteiger partial charge in [0, 0.05) is 53.0 Å². The van der Waals surface area contributed by atoms with Gasteiger partial charge in [0.25, 0.3) is 0 Å². The summed E-state index contributed by atoms with van der Waals surface area (Å²) in [5.74, 6) is 0.773. The molecule has 280 valence electrons. The van der Waals surface area contributed by atoms with E-state index in [4.69, 9.17) is 37.3 Å². The predicted molar refractivity (Wildman–Crippen MR) is 217 cm³/mol.